The number of rotatable bonds is 5. The van der Waals surface area contributed by atoms with Gasteiger partial charge in [-0.15, -0.1) is 0 Å². The Balaban J connectivity index is 2.66. The smallest absolute Gasteiger partial charge is 0.227 e. The molecule has 0 bridgehead atoms. The van der Waals surface area contributed by atoms with Gasteiger partial charge in [0.2, 0.25) is 5.91 Å². The second-order valence-corrected chi connectivity index (χ2v) is 5.54. The number of nitrogens with zero attached hydrogens (tertiary/aromatic N) is 1. The second kappa shape index (κ2) is 7.07. The summed E-state index contributed by atoms with van der Waals surface area (Å²) < 4.78 is 5.44. The lowest BCUT2D eigenvalue weighted by molar-refractivity contribution is -0.150. The highest BCUT2D eigenvalue weighted by Crippen LogP contribution is 2.19. The molecule has 0 saturated carbocycles. The van der Waals surface area contributed by atoms with Crippen molar-refractivity contribution in [3.05, 3.63) is 0 Å². The summed E-state index contributed by atoms with van der Waals surface area (Å²) in [5.41, 5.74) is 5.71. The van der Waals surface area contributed by atoms with Gasteiger partial charge < -0.3 is 20.5 Å². The number of amides is 1. The Kier molecular flexibility index (Phi) is 6.05. The monoisotopic (exact) mass is 258 g/mol. The third-order valence-corrected chi connectivity index (χ3v) is 3.38. The van der Waals surface area contributed by atoms with Crippen molar-refractivity contribution in [2.24, 2.45) is 17.6 Å². The van der Waals surface area contributed by atoms with Crippen LogP contribution in [0.25, 0.3) is 0 Å². The third-order valence-electron chi connectivity index (χ3n) is 3.38. The third kappa shape index (κ3) is 3.93. The molecular weight excluding hydrogens is 232 g/mol. The van der Waals surface area contributed by atoms with E-state index in [1.165, 1.54) is 0 Å². The molecule has 3 atom stereocenters. The van der Waals surface area contributed by atoms with E-state index in [0.29, 0.717) is 25.6 Å². The van der Waals surface area contributed by atoms with Gasteiger partial charge in [0.15, 0.2) is 0 Å². The Hall–Kier alpha value is -0.650. The normalized spacial score (nSPS) is 26.4. The zero-order valence-corrected chi connectivity index (χ0v) is 11.6. The summed E-state index contributed by atoms with van der Waals surface area (Å²) in [4.78, 5) is 14.3. The molecule has 0 aliphatic carbocycles. The molecule has 0 aromatic rings. The number of carbonyl (C=O) groups excluding carboxylic acids is 1. The van der Waals surface area contributed by atoms with Crippen LogP contribution in [0.4, 0.5) is 0 Å². The zero-order chi connectivity index (χ0) is 13.7. The maximum absolute atomic E-state index is 12.4. The molecule has 106 valence electrons. The van der Waals surface area contributed by atoms with Gasteiger partial charge in [0.25, 0.3) is 0 Å². The summed E-state index contributed by atoms with van der Waals surface area (Å²) in [5, 5.41) is 9.13. The van der Waals surface area contributed by atoms with Crippen LogP contribution in [0.2, 0.25) is 0 Å². The predicted octanol–water partition coefficient (Wildman–Crippen LogP) is 0.216. The van der Waals surface area contributed by atoms with Crippen LogP contribution in [0.5, 0.6) is 0 Å². The fourth-order valence-electron chi connectivity index (χ4n) is 2.34. The molecule has 1 saturated heterocycles. The molecule has 0 radical (unpaired) electrons. The molecule has 1 heterocycles. The van der Waals surface area contributed by atoms with E-state index in [9.17, 15) is 4.79 Å². The van der Waals surface area contributed by atoms with Gasteiger partial charge in [-0.25, -0.2) is 0 Å². The summed E-state index contributed by atoms with van der Waals surface area (Å²) >= 11 is 0. The minimum Gasteiger partial charge on any atom is -0.394 e. The van der Waals surface area contributed by atoms with Crippen molar-refractivity contribution in [2.75, 3.05) is 26.3 Å². The first-order valence-electron chi connectivity index (χ1n) is 6.72. The minimum atomic E-state index is -0.261. The highest BCUT2D eigenvalue weighted by atomic mass is 16.5. The van der Waals surface area contributed by atoms with Crippen molar-refractivity contribution in [1.29, 1.82) is 0 Å². The standard InChI is InChI=1S/C13H26N2O3/c1-9(2)4-11(5-14)13(17)15-6-12(7-16)18-8-10(15)3/h9-12,16H,4-8,14H2,1-3H3. The number of aliphatic hydroxyl groups is 1. The number of hydrogen-bond donors (Lipinski definition) is 2. The van der Waals surface area contributed by atoms with Crippen LogP contribution in [0.1, 0.15) is 27.2 Å². The van der Waals surface area contributed by atoms with Crippen LogP contribution in [-0.2, 0) is 9.53 Å². The zero-order valence-electron chi connectivity index (χ0n) is 11.6. The number of aliphatic hydroxyl groups excluding tert-OH is 1. The number of ether oxygens (including phenoxy) is 1. The number of hydrogen-bond acceptors (Lipinski definition) is 4. The van der Waals surface area contributed by atoms with Crippen LogP contribution >= 0.6 is 0 Å². The van der Waals surface area contributed by atoms with Crippen LogP contribution in [0, 0.1) is 11.8 Å². The first-order valence-corrected chi connectivity index (χ1v) is 6.72. The molecule has 1 aliphatic rings. The van der Waals surface area contributed by atoms with Gasteiger partial charge in [-0.05, 0) is 19.3 Å². The summed E-state index contributed by atoms with van der Waals surface area (Å²) in [5.74, 6) is 0.429. The SMILES string of the molecule is CC(C)CC(CN)C(=O)N1CC(CO)OCC1C. The number of nitrogens with two attached hydrogens (primary N) is 1. The highest BCUT2D eigenvalue weighted by molar-refractivity contribution is 5.79. The molecule has 1 amide bonds. The maximum Gasteiger partial charge on any atom is 0.227 e. The molecule has 0 spiro atoms. The first kappa shape index (κ1) is 15.4. The van der Waals surface area contributed by atoms with Crippen LogP contribution < -0.4 is 5.73 Å². The lowest BCUT2D eigenvalue weighted by atomic mass is 9.95. The Morgan fingerprint density at radius 3 is 2.72 bits per heavy atom. The lowest BCUT2D eigenvalue weighted by Gasteiger charge is -2.39. The van der Waals surface area contributed by atoms with Crippen molar-refractivity contribution < 1.29 is 14.6 Å². The van der Waals surface area contributed by atoms with E-state index in [1.54, 1.807) is 0 Å². The van der Waals surface area contributed by atoms with Gasteiger partial charge >= 0.3 is 0 Å². The Morgan fingerprint density at radius 1 is 1.56 bits per heavy atom. The number of carbonyl (C=O) groups is 1. The predicted molar refractivity (Wildman–Crippen MR) is 70.0 cm³/mol. The quantitative estimate of drug-likeness (QED) is 0.739. The molecule has 5 heteroatoms. The molecule has 1 rings (SSSR count). The molecule has 0 aromatic carbocycles. The fraction of sp³-hybridized carbons (Fsp3) is 0.923. The molecule has 18 heavy (non-hydrogen) atoms. The van der Waals surface area contributed by atoms with Gasteiger partial charge in [-0.1, -0.05) is 13.8 Å². The second-order valence-electron chi connectivity index (χ2n) is 5.54. The fourth-order valence-corrected chi connectivity index (χ4v) is 2.34. The Bertz CT molecular complexity index is 271. The maximum atomic E-state index is 12.4. The average Bonchev–Trinajstić information content (AvgIpc) is 2.35. The van der Waals surface area contributed by atoms with E-state index in [2.05, 4.69) is 13.8 Å². The van der Waals surface area contributed by atoms with Crippen LogP contribution in [0.15, 0.2) is 0 Å². The van der Waals surface area contributed by atoms with E-state index in [-0.39, 0.29) is 30.6 Å². The van der Waals surface area contributed by atoms with Crippen molar-refractivity contribution in [3.63, 3.8) is 0 Å². The largest absolute Gasteiger partial charge is 0.394 e. The molecule has 3 unspecified atom stereocenters. The first-order chi connectivity index (χ1) is 8.49. The van der Waals surface area contributed by atoms with E-state index in [1.807, 2.05) is 11.8 Å². The molecular formula is C13H26N2O3. The highest BCUT2D eigenvalue weighted by Gasteiger charge is 2.32. The van der Waals surface area contributed by atoms with Crippen molar-refractivity contribution >= 4 is 5.91 Å². The van der Waals surface area contributed by atoms with E-state index in [4.69, 9.17) is 15.6 Å². The van der Waals surface area contributed by atoms with Gasteiger partial charge in [0.05, 0.1) is 31.3 Å². The average molecular weight is 258 g/mol. The Morgan fingerprint density at radius 2 is 2.22 bits per heavy atom. The minimum absolute atomic E-state index is 0.0476. The summed E-state index contributed by atoms with van der Waals surface area (Å²) in [6.07, 6.45) is 0.547. The molecule has 1 fully saturated rings. The topological polar surface area (TPSA) is 75.8 Å². The van der Waals surface area contributed by atoms with Crippen molar-refractivity contribution in [2.45, 2.75) is 39.3 Å². The summed E-state index contributed by atoms with van der Waals surface area (Å²) in [6, 6.07) is 0.0570. The lowest BCUT2D eigenvalue weighted by Crippen LogP contribution is -2.54. The van der Waals surface area contributed by atoms with Crippen molar-refractivity contribution in [1.82, 2.24) is 4.90 Å². The molecule has 0 aromatic heterocycles. The van der Waals surface area contributed by atoms with Gasteiger partial charge in [-0.3, -0.25) is 4.79 Å². The van der Waals surface area contributed by atoms with E-state index < -0.39 is 0 Å². The van der Waals surface area contributed by atoms with Gasteiger partial charge in [0.1, 0.15) is 0 Å². The van der Waals surface area contributed by atoms with E-state index in [0.717, 1.165) is 6.42 Å². The van der Waals surface area contributed by atoms with Crippen LogP contribution in [-0.4, -0.2) is 54.4 Å². The molecule has 3 N–H and O–H groups in total. The number of morpholine rings is 1. The Labute approximate surface area is 109 Å². The molecule has 5 nitrogen and oxygen atoms in total. The molecule has 1 aliphatic heterocycles. The summed E-state index contributed by atoms with van der Waals surface area (Å²) in [7, 11) is 0. The van der Waals surface area contributed by atoms with E-state index >= 15 is 0 Å². The van der Waals surface area contributed by atoms with Crippen LogP contribution in [0.3, 0.4) is 0 Å². The summed E-state index contributed by atoms with van der Waals surface area (Å²) in [6.45, 7) is 7.43. The van der Waals surface area contributed by atoms with Crippen molar-refractivity contribution in [3.8, 4) is 0 Å². The van der Waals surface area contributed by atoms with Gasteiger partial charge in [-0.2, -0.15) is 0 Å². The van der Waals surface area contributed by atoms with Gasteiger partial charge in [0, 0.05) is 13.1 Å².